The Labute approximate surface area is 215 Å². The Hall–Kier alpha value is -4.15. The second-order valence-electron chi connectivity index (χ2n) is 9.01. The van der Waals surface area contributed by atoms with Gasteiger partial charge in [-0.05, 0) is 46.8 Å². The van der Waals surface area contributed by atoms with Crippen LogP contribution < -0.4 is 5.32 Å². The molecule has 0 amide bonds. The summed E-state index contributed by atoms with van der Waals surface area (Å²) in [5.41, 5.74) is 8.52. The predicted molar refractivity (Wildman–Crippen MR) is 149 cm³/mol. The molecule has 0 aliphatic rings. The molecule has 0 fully saturated rings. The Kier molecular flexibility index (Phi) is 5.88. The van der Waals surface area contributed by atoms with Crippen molar-refractivity contribution in [2.24, 2.45) is 7.05 Å². The molecular formula is C31H25ClN4. The fourth-order valence-electron chi connectivity index (χ4n) is 4.86. The first-order valence-electron chi connectivity index (χ1n) is 12.0. The zero-order valence-electron chi connectivity index (χ0n) is 19.9. The summed E-state index contributed by atoms with van der Waals surface area (Å²) in [5.74, 6) is 0. The molecule has 0 aliphatic carbocycles. The van der Waals surface area contributed by atoms with E-state index < -0.39 is 0 Å². The summed E-state index contributed by atoms with van der Waals surface area (Å²) in [4.78, 5) is 0. The Balaban J connectivity index is 1.38. The fraction of sp³-hybridized carbons (Fsp3) is 0.0968. The summed E-state index contributed by atoms with van der Waals surface area (Å²) < 4.78 is 2.24. The van der Waals surface area contributed by atoms with Gasteiger partial charge in [-0.15, -0.1) is 5.10 Å². The van der Waals surface area contributed by atoms with E-state index in [-0.39, 0.29) is 0 Å². The van der Waals surface area contributed by atoms with Gasteiger partial charge >= 0.3 is 0 Å². The highest BCUT2D eigenvalue weighted by Crippen LogP contribution is 2.35. The average Bonchev–Trinajstić information content (AvgIpc) is 3.24. The van der Waals surface area contributed by atoms with E-state index in [0.29, 0.717) is 11.4 Å². The summed E-state index contributed by atoms with van der Waals surface area (Å²) in [6, 6.07) is 35.5. The van der Waals surface area contributed by atoms with Gasteiger partial charge in [0.05, 0.1) is 17.3 Å². The third-order valence-corrected chi connectivity index (χ3v) is 7.01. The van der Waals surface area contributed by atoms with E-state index in [1.165, 1.54) is 22.2 Å². The van der Waals surface area contributed by atoms with E-state index >= 15 is 0 Å². The van der Waals surface area contributed by atoms with Crippen molar-refractivity contribution in [1.82, 2.24) is 14.8 Å². The second kappa shape index (κ2) is 9.48. The molecule has 0 spiro atoms. The number of fused-ring (bicyclic) bond motifs is 2. The molecule has 1 N–H and O–H groups in total. The van der Waals surface area contributed by atoms with E-state index in [9.17, 15) is 0 Å². The van der Waals surface area contributed by atoms with E-state index in [1.54, 1.807) is 0 Å². The summed E-state index contributed by atoms with van der Waals surface area (Å²) in [6.45, 7) is 0.729. The number of hydrogen-bond donors (Lipinski definition) is 1. The Morgan fingerprint density at radius 1 is 0.806 bits per heavy atom. The summed E-state index contributed by atoms with van der Waals surface area (Å²) in [6.07, 6.45) is 0.694. The first kappa shape index (κ1) is 22.3. The minimum Gasteiger partial charge on any atom is -0.379 e. The molecule has 0 bridgehead atoms. The van der Waals surface area contributed by atoms with Crippen molar-refractivity contribution < 1.29 is 0 Å². The van der Waals surface area contributed by atoms with Gasteiger partial charge in [-0.1, -0.05) is 84.4 Å². The van der Waals surface area contributed by atoms with Crippen molar-refractivity contribution in [1.29, 1.82) is 0 Å². The number of anilines is 1. The van der Waals surface area contributed by atoms with E-state index in [0.717, 1.165) is 40.0 Å². The number of halogens is 1. The molecule has 0 saturated heterocycles. The van der Waals surface area contributed by atoms with Gasteiger partial charge in [-0.2, -0.15) is 5.10 Å². The van der Waals surface area contributed by atoms with Crippen molar-refractivity contribution in [3.05, 3.63) is 125 Å². The number of rotatable bonds is 6. The van der Waals surface area contributed by atoms with Crippen LogP contribution in [0.1, 0.15) is 17.0 Å². The van der Waals surface area contributed by atoms with Crippen LogP contribution in [0.2, 0.25) is 5.02 Å². The summed E-state index contributed by atoms with van der Waals surface area (Å²) in [5, 5.41) is 15.6. The van der Waals surface area contributed by atoms with Crippen LogP contribution in [-0.4, -0.2) is 14.8 Å². The van der Waals surface area contributed by atoms with Crippen LogP contribution in [-0.2, 0) is 20.0 Å². The molecule has 36 heavy (non-hydrogen) atoms. The van der Waals surface area contributed by atoms with Gasteiger partial charge in [0.25, 0.3) is 0 Å². The monoisotopic (exact) mass is 488 g/mol. The molecule has 0 unspecified atom stereocenters. The Morgan fingerprint density at radius 3 is 2.47 bits per heavy atom. The molecule has 4 nitrogen and oxygen atoms in total. The maximum absolute atomic E-state index is 6.51. The van der Waals surface area contributed by atoms with Crippen molar-refractivity contribution in [2.75, 3.05) is 5.32 Å². The smallest absolute Gasteiger partial charge is 0.112 e. The number of para-hydroxylation sites is 1. The molecule has 2 heterocycles. The van der Waals surface area contributed by atoms with Crippen LogP contribution >= 0.6 is 11.6 Å². The molecule has 6 aromatic rings. The SMILES string of the molecule is Cn1c(CNc2cccc(-c3c(Cc4ccccc4)nnc4c(Cl)cccc34)c2)cc2ccccc21. The predicted octanol–water partition coefficient (Wildman–Crippen LogP) is 7.64. The maximum atomic E-state index is 6.51. The highest BCUT2D eigenvalue weighted by molar-refractivity contribution is 6.35. The van der Waals surface area contributed by atoms with Crippen molar-refractivity contribution in [2.45, 2.75) is 13.0 Å². The molecule has 6 rings (SSSR count). The summed E-state index contributed by atoms with van der Waals surface area (Å²) >= 11 is 6.51. The minimum atomic E-state index is 0.609. The van der Waals surface area contributed by atoms with Gasteiger partial charge in [-0.3, -0.25) is 0 Å². The fourth-order valence-corrected chi connectivity index (χ4v) is 5.07. The molecular weight excluding hydrogens is 464 g/mol. The van der Waals surface area contributed by atoms with Gasteiger partial charge in [0.2, 0.25) is 0 Å². The Morgan fingerprint density at radius 2 is 1.61 bits per heavy atom. The molecule has 2 aromatic heterocycles. The van der Waals surface area contributed by atoms with E-state index in [4.69, 9.17) is 11.6 Å². The number of aromatic nitrogens is 3. The lowest BCUT2D eigenvalue weighted by atomic mass is 9.95. The maximum Gasteiger partial charge on any atom is 0.112 e. The zero-order valence-corrected chi connectivity index (χ0v) is 20.7. The number of aryl methyl sites for hydroxylation is 1. The highest BCUT2D eigenvalue weighted by atomic mass is 35.5. The van der Waals surface area contributed by atoms with Crippen LogP contribution in [0.4, 0.5) is 5.69 Å². The van der Waals surface area contributed by atoms with Crippen LogP contribution in [0.15, 0.2) is 103 Å². The Bertz CT molecular complexity index is 1690. The summed E-state index contributed by atoms with van der Waals surface area (Å²) in [7, 11) is 2.12. The van der Waals surface area contributed by atoms with Crippen LogP contribution in [0, 0.1) is 0 Å². The largest absolute Gasteiger partial charge is 0.379 e. The quantitative estimate of drug-likeness (QED) is 0.262. The zero-order chi connectivity index (χ0) is 24.5. The van der Waals surface area contributed by atoms with Crippen LogP contribution in [0.3, 0.4) is 0 Å². The number of hydrogen-bond acceptors (Lipinski definition) is 3. The second-order valence-corrected chi connectivity index (χ2v) is 9.42. The molecule has 176 valence electrons. The van der Waals surface area contributed by atoms with Gasteiger partial charge in [0, 0.05) is 41.3 Å². The standard InChI is InChI=1S/C31H25ClN4/c1-36-25(19-22-11-5-6-16-29(22)36)20-33-24-13-7-12-23(18-24)30-26-14-8-15-27(32)31(26)35-34-28(30)17-21-9-3-2-4-10-21/h2-16,18-19,33H,17,20H2,1H3. The first-order valence-corrected chi connectivity index (χ1v) is 12.4. The van der Waals surface area contributed by atoms with Gasteiger partial charge < -0.3 is 9.88 Å². The third-order valence-electron chi connectivity index (χ3n) is 6.71. The number of nitrogens with one attached hydrogen (secondary N) is 1. The molecule has 0 aliphatic heterocycles. The van der Waals surface area contributed by atoms with Crippen LogP contribution in [0.25, 0.3) is 32.9 Å². The topological polar surface area (TPSA) is 42.7 Å². The molecule has 0 atom stereocenters. The third kappa shape index (κ3) is 4.21. The lowest BCUT2D eigenvalue weighted by Gasteiger charge is -2.14. The molecule has 4 aromatic carbocycles. The highest BCUT2D eigenvalue weighted by Gasteiger charge is 2.16. The first-order chi connectivity index (χ1) is 17.7. The average molecular weight is 489 g/mol. The number of nitrogens with zero attached hydrogens (tertiary/aromatic N) is 3. The van der Waals surface area contributed by atoms with Crippen molar-refractivity contribution in [3.63, 3.8) is 0 Å². The van der Waals surface area contributed by atoms with Gasteiger partial charge in [0.15, 0.2) is 0 Å². The lowest BCUT2D eigenvalue weighted by molar-refractivity contribution is 0.871. The lowest BCUT2D eigenvalue weighted by Crippen LogP contribution is -2.05. The van der Waals surface area contributed by atoms with Gasteiger partial charge in [0.1, 0.15) is 5.52 Å². The van der Waals surface area contributed by atoms with Gasteiger partial charge in [-0.25, -0.2) is 0 Å². The normalized spacial score (nSPS) is 11.3. The van der Waals surface area contributed by atoms with E-state index in [2.05, 4.69) is 112 Å². The minimum absolute atomic E-state index is 0.609. The molecule has 5 heteroatoms. The van der Waals surface area contributed by atoms with E-state index in [1.807, 2.05) is 18.2 Å². The molecule has 0 radical (unpaired) electrons. The number of benzene rings is 4. The van der Waals surface area contributed by atoms with Crippen molar-refractivity contribution in [3.8, 4) is 11.1 Å². The molecule has 0 saturated carbocycles. The van der Waals surface area contributed by atoms with Crippen LogP contribution in [0.5, 0.6) is 0 Å². The van der Waals surface area contributed by atoms with Crippen molar-refractivity contribution >= 4 is 39.1 Å².